The van der Waals surface area contributed by atoms with E-state index in [0.29, 0.717) is 5.56 Å². The smallest absolute Gasteiger partial charge is 0.429 e. The van der Waals surface area contributed by atoms with Crippen molar-refractivity contribution in [1.82, 2.24) is 10.0 Å². The fourth-order valence-electron chi connectivity index (χ4n) is 2.60. The van der Waals surface area contributed by atoms with E-state index >= 15 is 0 Å². The molecule has 1 aliphatic rings. The van der Waals surface area contributed by atoms with Crippen LogP contribution in [0.15, 0.2) is 54.6 Å². The lowest BCUT2D eigenvalue weighted by molar-refractivity contribution is -0.141. The first-order chi connectivity index (χ1) is 12.5. The van der Waals surface area contributed by atoms with E-state index in [-0.39, 0.29) is 31.9 Å². The molecule has 0 radical (unpaired) electrons. The molecule has 2 amide bonds. The first-order valence-corrected chi connectivity index (χ1v) is 8.07. The maximum atomic E-state index is 13.0. The van der Waals surface area contributed by atoms with Gasteiger partial charge in [-0.05, 0) is 23.3 Å². The van der Waals surface area contributed by atoms with E-state index in [1.165, 1.54) is 24.3 Å². The van der Waals surface area contributed by atoms with Crippen molar-refractivity contribution >= 4 is 17.8 Å². The molecule has 1 aliphatic heterocycles. The number of hydrogen-bond acceptors (Lipinski definition) is 4. The zero-order chi connectivity index (χ0) is 18.5. The second kappa shape index (κ2) is 7.77. The molecule has 2 aromatic rings. The average molecular weight is 356 g/mol. The maximum Gasteiger partial charge on any atom is 0.429 e. The highest BCUT2D eigenvalue weighted by Crippen LogP contribution is 2.14. The predicted octanol–water partition coefficient (Wildman–Crippen LogP) is 2.33. The molecular weight excluding hydrogens is 339 g/mol. The summed E-state index contributed by atoms with van der Waals surface area (Å²) in [4.78, 5) is 36.5. The van der Waals surface area contributed by atoms with Gasteiger partial charge in [0.1, 0.15) is 25.5 Å². The summed E-state index contributed by atoms with van der Waals surface area (Å²) < 4.78 is 18.2. The predicted molar refractivity (Wildman–Crippen MR) is 90.2 cm³/mol. The van der Waals surface area contributed by atoms with E-state index in [4.69, 9.17) is 4.74 Å². The molecule has 1 fully saturated rings. The summed E-state index contributed by atoms with van der Waals surface area (Å²) >= 11 is 0. The van der Waals surface area contributed by atoms with Gasteiger partial charge in [-0.3, -0.25) is 9.59 Å². The van der Waals surface area contributed by atoms with E-state index < -0.39 is 17.8 Å². The van der Waals surface area contributed by atoms with Crippen LogP contribution in [0.5, 0.6) is 0 Å². The summed E-state index contributed by atoms with van der Waals surface area (Å²) in [6.07, 6.45) is -0.803. The normalized spacial score (nSPS) is 13.8. The molecule has 134 valence electrons. The Balaban J connectivity index is 1.63. The van der Waals surface area contributed by atoms with E-state index in [2.05, 4.69) is 0 Å². The molecule has 7 heteroatoms. The van der Waals surface area contributed by atoms with Crippen LogP contribution in [0.3, 0.4) is 0 Å². The van der Waals surface area contributed by atoms with Crippen LogP contribution in [-0.2, 0) is 27.4 Å². The molecule has 0 atom stereocenters. The summed E-state index contributed by atoms with van der Waals surface area (Å²) in [5.74, 6) is -1.09. The molecule has 0 aromatic heterocycles. The van der Waals surface area contributed by atoms with Crippen molar-refractivity contribution in [3.05, 3.63) is 71.5 Å². The number of ether oxygens (including phenoxy) is 1. The Hall–Kier alpha value is -3.22. The van der Waals surface area contributed by atoms with E-state index in [0.717, 1.165) is 15.6 Å². The van der Waals surface area contributed by atoms with Crippen LogP contribution in [0, 0.1) is 5.82 Å². The Labute approximate surface area is 149 Å². The summed E-state index contributed by atoms with van der Waals surface area (Å²) in [7, 11) is 0. The third kappa shape index (κ3) is 4.24. The summed E-state index contributed by atoms with van der Waals surface area (Å²) in [5, 5.41) is 2.09. The van der Waals surface area contributed by atoms with E-state index in [1.807, 2.05) is 18.2 Å². The number of Topliss-reactive ketones (excluding diaryl/α,β-unsaturated/α-hetero) is 1. The third-order valence-electron chi connectivity index (χ3n) is 3.92. The maximum absolute atomic E-state index is 13.0. The Bertz CT molecular complexity index is 808. The van der Waals surface area contributed by atoms with Crippen LogP contribution < -0.4 is 0 Å². The molecular formula is C19H17FN2O4. The Morgan fingerprint density at radius 1 is 0.923 bits per heavy atom. The topological polar surface area (TPSA) is 66.9 Å². The zero-order valence-corrected chi connectivity index (χ0v) is 13.9. The van der Waals surface area contributed by atoms with Gasteiger partial charge >= 0.3 is 6.09 Å². The standard InChI is InChI=1S/C19H17FN2O4/c20-16-8-6-14(7-9-16)10-18(24)21-11-17(23)12-22(21)19(25)26-13-15-4-2-1-3-5-15/h1-9H,10-13H2. The van der Waals surface area contributed by atoms with E-state index in [1.54, 1.807) is 12.1 Å². The monoisotopic (exact) mass is 356 g/mol. The highest BCUT2D eigenvalue weighted by molar-refractivity contribution is 5.94. The van der Waals surface area contributed by atoms with Gasteiger partial charge in [0.25, 0.3) is 0 Å². The number of hydrazine groups is 1. The van der Waals surface area contributed by atoms with Gasteiger partial charge in [-0.25, -0.2) is 19.2 Å². The van der Waals surface area contributed by atoms with Gasteiger partial charge in [0.15, 0.2) is 5.78 Å². The lowest BCUT2D eigenvalue weighted by Crippen LogP contribution is -2.45. The number of benzene rings is 2. The Morgan fingerprint density at radius 2 is 1.58 bits per heavy atom. The van der Waals surface area contributed by atoms with Gasteiger partial charge in [0.2, 0.25) is 5.91 Å². The van der Waals surface area contributed by atoms with Crippen molar-refractivity contribution < 1.29 is 23.5 Å². The van der Waals surface area contributed by atoms with Crippen LogP contribution in [0.4, 0.5) is 9.18 Å². The van der Waals surface area contributed by atoms with Crippen LogP contribution in [-0.4, -0.2) is 40.9 Å². The molecule has 3 rings (SSSR count). The number of amides is 2. The van der Waals surface area contributed by atoms with Gasteiger partial charge < -0.3 is 4.74 Å². The lowest BCUT2D eigenvalue weighted by atomic mass is 10.1. The minimum absolute atomic E-state index is 0.0456. The highest BCUT2D eigenvalue weighted by atomic mass is 19.1. The van der Waals surface area contributed by atoms with Crippen molar-refractivity contribution in [2.24, 2.45) is 0 Å². The molecule has 2 aromatic carbocycles. The van der Waals surface area contributed by atoms with Gasteiger partial charge in [-0.1, -0.05) is 42.5 Å². The molecule has 1 saturated heterocycles. The summed E-state index contributed by atoms with van der Waals surface area (Å²) in [6, 6.07) is 14.6. The summed E-state index contributed by atoms with van der Waals surface area (Å²) in [5.41, 5.74) is 1.39. The molecule has 0 N–H and O–H groups in total. The summed E-state index contributed by atoms with van der Waals surface area (Å²) in [6.45, 7) is -0.340. The SMILES string of the molecule is O=C1CN(C(=O)Cc2ccc(F)cc2)N(C(=O)OCc2ccccc2)C1. The largest absolute Gasteiger partial charge is 0.443 e. The second-order valence-corrected chi connectivity index (χ2v) is 5.89. The van der Waals surface area contributed by atoms with Crippen molar-refractivity contribution in [2.75, 3.05) is 13.1 Å². The zero-order valence-electron chi connectivity index (χ0n) is 13.9. The van der Waals surface area contributed by atoms with Crippen molar-refractivity contribution in [3.8, 4) is 0 Å². The second-order valence-electron chi connectivity index (χ2n) is 5.89. The van der Waals surface area contributed by atoms with Crippen LogP contribution >= 0.6 is 0 Å². The van der Waals surface area contributed by atoms with Gasteiger partial charge in [-0.2, -0.15) is 0 Å². The minimum atomic E-state index is -0.757. The lowest BCUT2D eigenvalue weighted by Gasteiger charge is -2.26. The van der Waals surface area contributed by atoms with Crippen LogP contribution in [0.25, 0.3) is 0 Å². The number of nitrogens with zero attached hydrogens (tertiary/aromatic N) is 2. The van der Waals surface area contributed by atoms with Gasteiger partial charge in [0.05, 0.1) is 6.42 Å². The Kier molecular flexibility index (Phi) is 5.26. The minimum Gasteiger partial charge on any atom is -0.443 e. The molecule has 0 saturated carbocycles. The number of hydrogen-bond donors (Lipinski definition) is 0. The fraction of sp³-hybridized carbons (Fsp3) is 0.211. The number of ketones is 1. The van der Waals surface area contributed by atoms with Crippen molar-refractivity contribution in [3.63, 3.8) is 0 Å². The molecule has 0 unspecified atom stereocenters. The Morgan fingerprint density at radius 3 is 2.27 bits per heavy atom. The van der Waals surface area contributed by atoms with Gasteiger partial charge in [0, 0.05) is 0 Å². The van der Waals surface area contributed by atoms with Crippen molar-refractivity contribution in [1.29, 1.82) is 0 Å². The van der Waals surface area contributed by atoms with Crippen LogP contribution in [0.1, 0.15) is 11.1 Å². The first kappa shape index (κ1) is 17.6. The number of halogens is 1. The number of rotatable bonds is 4. The molecule has 26 heavy (non-hydrogen) atoms. The molecule has 1 heterocycles. The molecule has 0 aliphatic carbocycles. The number of carbonyl (C=O) groups excluding carboxylic acids is 3. The average Bonchev–Trinajstić information content (AvgIpc) is 3.04. The third-order valence-corrected chi connectivity index (χ3v) is 3.92. The van der Waals surface area contributed by atoms with Crippen molar-refractivity contribution in [2.45, 2.75) is 13.0 Å². The fourth-order valence-corrected chi connectivity index (χ4v) is 2.60. The molecule has 0 bridgehead atoms. The first-order valence-electron chi connectivity index (χ1n) is 8.07. The molecule has 6 nitrogen and oxygen atoms in total. The molecule has 0 spiro atoms. The highest BCUT2D eigenvalue weighted by Gasteiger charge is 2.36. The number of carbonyl (C=O) groups is 3. The van der Waals surface area contributed by atoms with Crippen LogP contribution in [0.2, 0.25) is 0 Å². The quantitative estimate of drug-likeness (QED) is 0.843. The van der Waals surface area contributed by atoms with Gasteiger partial charge in [-0.15, -0.1) is 0 Å². The van der Waals surface area contributed by atoms with E-state index in [9.17, 15) is 18.8 Å².